The second kappa shape index (κ2) is 7.29. The fraction of sp³-hybridized carbons (Fsp3) is 0.238. The summed E-state index contributed by atoms with van der Waals surface area (Å²) in [5, 5.41) is 9.96. The van der Waals surface area contributed by atoms with E-state index in [2.05, 4.69) is 20.2 Å². The summed E-state index contributed by atoms with van der Waals surface area (Å²) in [4.78, 5) is 24.6. The lowest BCUT2D eigenvalue weighted by Crippen LogP contribution is -2.27. The van der Waals surface area contributed by atoms with Crippen LogP contribution in [0.3, 0.4) is 0 Å². The van der Waals surface area contributed by atoms with Crippen molar-refractivity contribution < 1.29 is 9.53 Å². The molecule has 1 aliphatic rings. The van der Waals surface area contributed by atoms with E-state index in [1.807, 2.05) is 23.6 Å². The molecular formula is C21H19N5O2S. The third kappa shape index (κ3) is 3.58. The van der Waals surface area contributed by atoms with Crippen LogP contribution in [0.1, 0.15) is 28.9 Å². The molecule has 1 amide bonds. The van der Waals surface area contributed by atoms with Crippen molar-refractivity contribution in [2.24, 2.45) is 0 Å². The van der Waals surface area contributed by atoms with E-state index in [4.69, 9.17) is 4.74 Å². The van der Waals surface area contributed by atoms with Gasteiger partial charge in [0, 0.05) is 41.8 Å². The second-order valence-corrected chi connectivity index (χ2v) is 8.09. The Morgan fingerprint density at radius 1 is 1.28 bits per heavy atom. The third-order valence-electron chi connectivity index (χ3n) is 4.86. The van der Waals surface area contributed by atoms with Crippen LogP contribution in [0.25, 0.3) is 21.3 Å². The van der Waals surface area contributed by atoms with Gasteiger partial charge in [-0.1, -0.05) is 6.07 Å². The van der Waals surface area contributed by atoms with Gasteiger partial charge < -0.3 is 9.64 Å². The highest BCUT2D eigenvalue weighted by atomic mass is 32.1. The van der Waals surface area contributed by atoms with Gasteiger partial charge in [-0.05, 0) is 36.4 Å². The minimum Gasteiger partial charge on any atom is -0.474 e. The number of ether oxygens (including phenoxy) is 1. The summed E-state index contributed by atoms with van der Waals surface area (Å²) in [5.41, 5.74) is 3.09. The zero-order chi connectivity index (χ0) is 19.8. The van der Waals surface area contributed by atoms with Crippen molar-refractivity contribution in [3.63, 3.8) is 0 Å². The van der Waals surface area contributed by atoms with Crippen LogP contribution >= 0.6 is 11.3 Å². The van der Waals surface area contributed by atoms with Gasteiger partial charge in [0.15, 0.2) is 0 Å². The van der Waals surface area contributed by atoms with Crippen LogP contribution in [0.2, 0.25) is 0 Å². The Kier molecular flexibility index (Phi) is 4.48. The molecule has 5 rings (SSSR count). The SMILES string of the molecule is CN(Cc1cncc2cn[nH]c12)C(=O)c1ccc(-c2cccs2)c(OC2CC2)n1. The largest absolute Gasteiger partial charge is 0.474 e. The number of hydrogen-bond donors (Lipinski definition) is 1. The number of aromatic nitrogens is 4. The van der Waals surface area contributed by atoms with Gasteiger partial charge in [-0.15, -0.1) is 11.3 Å². The van der Waals surface area contributed by atoms with E-state index in [1.54, 1.807) is 47.9 Å². The van der Waals surface area contributed by atoms with Gasteiger partial charge >= 0.3 is 0 Å². The van der Waals surface area contributed by atoms with Crippen LogP contribution < -0.4 is 4.74 Å². The highest BCUT2D eigenvalue weighted by Crippen LogP contribution is 2.36. The minimum atomic E-state index is -0.167. The van der Waals surface area contributed by atoms with Crippen molar-refractivity contribution in [3.8, 4) is 16.3 Å². The fourth-order valence-corrected chi connectivity index (χ4v) is 3.92. The summed E-state index contributed by atoms with van der Waals surface area (Å²) >= 11 is 1.63. The molecule has 7 nitrogen and oxygen atoms in total. The Labute approximate surface area is 171 Å². The molecule has 0 radical (unpaired) electrons. The summed E-state index contributed by atoms with van der Waals surface area (Å²) in [6, 6.07) is 7.72. The zero-order valence-corrected chi connectivity index (χ0v) is 16.6. The lowest BCUT2D eigenvalue weighted by molar-refractivity contribution is 0.0778. The summed E-state index contributed by atoms with van der Waals surface area (Å²) in [6.45, 7) is 0.401. The van der Waals surface area contributed by atoms with Crippen LogP contribution in [0.15, 0.2) is 48.2 Å². The highest BCUT2D eigenvalue weighted by Gasteiger charge is 2.27. The maximum atomic E-state index is 13.0. The molecule has 0 saturated heterocycles. The van der Waals surface area contributed by atoms with Crippen LogP contribution in [0.4, 0.5) is 0 Å². The number of H-pyrrole nitrogens is 1. The molecule has 1 N–H and O–H groups in total. The van der Waals surface area contributed by atoms with Gasteiger partial charge in [-0.2, -0.15) is 5.10 Å². The maximum absolute atomic E-state index is 13.0. The van der Waals surface area contributed by atoms with Crippen molar-refractivity contribution in [1.82, 2.24) is 25.1 Å². The lowest BCUT2D eigenvalue weighted by Gasteiger charge is -2.18. The van der Waals surface area contributed by atoms with Crippen molar-refractivity contribution in [3.05, 3.63) is 59.5 Å². The number of rotatable bonds is 6. The number of carbonyl (C=O) groups is 1. The number of fused-ring (bicyclic) bond motifs is 1. The summed E-state index contributed by atoms with van der Waals surface area (Å²) < 4.78 is 6.02. The molecule has 0 aromatic carbocycles. The second-order valence-electron chi connectivity index (χ2n) is 7.14. The number of amides is 1. The Morgan fingerprint density at radius 3 is 2.97 bits per heavy atom. The average Bonchev–Trinajstić information content (AvgIpc) is 3.20. The lowest BCUT2D eigenvalue weighted by atomic mass is 10.2. The number of nitrogens with one attached hydrogen (secondary N) is 1. The molecule has 4 heterocycles. The van der Waals surface area contributed by atoms with E-state index in [-0.39, 0.29) is 12.0 Å². The molecule has 0 unspecified atom stereocenters. The standard InChI is InChI=1S/C21H19N5O2S/c1-26(12-14-10-22-9-13-11-23-25-19(13)14)21(27)17-7-6-16(18-3-2-8-29-18)20(24-17)28-15-4-5-15/h2-3,6-11,15H,4-5,12H2,1H3,(H,23,25). The molecule has 0 aliphatic heterocycles. The van der Waals surface area contributed by atoms with Crippen LogP contribution in [-0.2, 0) is 6.54 Å². The Hall–Kier alpha value is -3.26. The highest BCUT2D eigenvalue weighted by molar-refractivity contribution is 7.13. The number of nitrogens with zero attached hydrogens (tertiary/aromatic N) is 4. The smallest absolute Gasteiger partial charge is 0.272 e. The van der Waals surface area contributed by atoms with Gasteiger partial charge in [0.25, 0.3) is 5.91 Å². The molecule has 0 spiro atoms. The predicted molar refractivity (Wildman–Crippen MR) is 111 cm³/mol. The van der Waals surface area contributed by atoms with Crippen molar-refractivity contribution in [2.75, 3.05) is 7.05 Å². The summed E-state index contributed by atoms with van der Waals surface area (Å²) in [6.07, 6.45) is 7.49. The average molecular weight is 405 g/mol. The molecule has 0 bridgehead atoms. The summed E-state index contributed by atoms with van der Waals surface area (Å²) in [5.74, 6) is 0.367. The maximum Gasteiger partial charge on any atom is 0.272 e. The van der Waals surface area contributed by atoms with Gasteiger partial charge in [0.2, 0.25) is 5.88 Å². The van der Waals surface area contributed by atoms with E-state index in [0.717, 1.165) is 39.7 Å². The van der Waals surface area contributed by atoms with Crippen LogP contribution in [0.5, 0.6) is 5.88 Å². The quantitative estimate of drug-likeness (QED) is 0.526. The van der Waals surface area contributed by atoms with Crippen molar-refractivity contribution in [2.45, 2.75) is 25.5 Å². The predicted octanol–water partition coefficient (Wildman–Crippen LogP) is 3.89. The number of thiophene rings is 1. The van der Waals surface area contributed by atoms with Gasteiger partial charge in [-0.25, -0.2) is 4.98 Å². The molecule has 4 aromatic heterocycles. The Morgan fingerprint density at radius 2 is 2.17 bits per heavy atom. The van der Waals surface area contributed by atoms with Crippen LogP contribution in [0, 0.1) is 0 Å². The van der Waals surface area contributed by atoms with Gasteiger partial charge in [-0.3, -0.25) is 14.9 Å². The van der Waals surface area contributed by atoms with Crippen molar-refractivity contribution in [1.29, 1.82) is 0 Å². The molecule has 1 aliphatic carbocycles. The van der Waals surface area contributed by atoms with Gasteiger partial charge in [0.05, 0.1) is 17.3 Å². The van der Waals surface area contributed by atoms with Crippen molar-refractivity contribution >= 4 is 28.1 Å². The van der Waals surface area contributed by atoms with Crippen LogP contribution in [-0.4, -0.2) is 44.1 Å². The first-order chi connectivity index (χ1) is 14.2. The first-order valence-corrected chi connectivity index (χ1v) is 10.3. The fourth-order valence-electron chi connectivity index (χ4n) is 3.18. The number of aromatic amines is 1. The molecular weight excluding hydrogens is 386 g/mol. The molecule has 0 atom stereocenters. The minimum absolute atomic E-state index is 0.167. The normalized spacial score (nSPS) is 13.6. The number of pyridine rings is 2. The van der Waals surface area contributed by atoms with E-state index >= 15 is 0 Å². The van der Waals surface area contributed by atoms with E-state index in [1.165, 1.54) is 0 Å². The molecule has 146 valence electrons. The Balaban J connectivity index is 1.42. The van der Waals surface area contributed by atoms with E-state index in [9.17, 15) is 4.79 Å². The molecule has 1 fully saturated rings. The molecule has 4 aromatic rings. The van der Waals surface area contributed by atoms with E-state index in [0.29, 0.717) is 18.1 Å². The molecule has 29 heavy (non-hydrogen) atoms. The first-order valence-electron chi connectivity index (χ1n) is 9.42. The monoisotopic (exact) mass is 405 g/mol. The topological polar surface area (TPSA) is 84.0 Å². The summed E-state index contributed by atoms with van der Waals surface area (Å²) in [7, 11) is 1.76. The van der Waals surface area contributed by atoms with E-state index < -0.39 is 0 Å². The zero-order valence-electron chi connectivity index (χ0n) is 15.8. The van der Waals surface area contributed by atoms with Gasteiger partial charge in [0.1, 0.15) is 11.8 Å². The molecule has 1 saturated carbocycles. The third-order valence-corrected chi connectivity index (χ3v) is 5.76. The molecule has 8 heteroatoms. The Bertz CT molecular complexity index is 1170. The first kappa shape index (κ1) is 17.8. The number of hydrogen-bond acceptors (Lipinski definition) is 6. The number of carbonyl (C=O) groups excluding carboxylic acids is 1.